The molecule has 0 aromatic heterocycles. The quantitative estimate of drug-likeness (QED) is 0.479. The third-order valence-electron chi connectivity index (χ3n) is 0.960. The molecule has 0 spiro atoms. The zero-order valence-corrected chi connectivity index (χ0v) is 7.17. The first-order valence-electron chi connectivity index (χ1n) is 3.24. The fraction of sp³-hybridized carbons (Fsp3) is 0.571. The maximum absolute atomic E-state index is 11.9. The van der Waals surface area contributed by atoms with Crippen LogP contribution in [0.25, 0.3) is 0 Å². The zero-order valence-electron chi connectivity index (χ0n) is 6.36. The van der Waals surface area contributed by atoms with E-state index in [1.54, 1.807) is 6.92 Å². The molecule has 0 fully saturated rings. The first kappa shape index (κ1) is 10.2. The van der Waals surface area contributed by atoms with Gasteiger partial charge in [0.25, 0.3) is 0 Å². The molecule has 0 aliphatic carbocycles. The van der Waals surface area contributed by atoms with Crippen molar-refractivity contribution in [2.75, 3.05) is 13.2 Å². The van der Waals surface area contributed by atoms with Crippen LogP contribution in [0.3, 0.4) is 0 Å². The minimum absolute atomic E-state index is 0.257. The van der Waals surface area contributed by atoms with Crippen molar-refractivity contribution in [3.8, 4) is 12.3 Å². The highest BCUT2D eigenvalue weighted by Crippen LogP contribution is 1.81. The normalized spacial score (nSPS) is 11.4. The Kier molecular flexibility index (Phi) is 5.49. The van der Waals surface area contributed by atoms with Crippen LogP contribution in [0, 0.1) is 12.3 Å². The molecule has 0 saturated carbocycles. The SMILES string of the molecule is C#CCNC(=S)N[C@@H](C)CF. The molecule has 2 nitrogen and oxygen atoms in total. The maximum Gasteiger partial charge on any atom is 0.167 e. The lowest BCUT2D eigenvalue weighted by Gasteiger charge is -2.12. The number of halogens is 1. The van der Waals surface area contributed by atoms with E-state index in [2.05, 4.69) is 16.6 Å². The van der Waals surface area contributed by atoms with Crippen molar-refractivity contribution < 1.29 is 4.39 Å². The van der Waals surface area contributed by atoms with Crippen LogP contribution in [-0.4, -0.2) is 24.4 Å². The van der Waals surface area contributed by atoms with Crippen molar-refractivity contribution in [3.05, 3.63) is 0 Å². The van der Waals surface area contributed by atoms with Gasteiger partial charge < -0.3 is 10.6 Å². The van der Waals surface area contributed by atoms with Gasteiger partial charge in [-0.3, -0.25) is 0 Å². The highest BCUT2D eigenvalue weighted by Gasteiger charge is 2.00. The second-order valence-corrected chi connectivity index (χ2v) is 2.49. The Bertz CT molecular complexity index is 164. The molecule has 0 unspecified atom stereocenters. The molecule has 0 radical (unpaired) electrons. The van der Waals surface area contributed by atoms with Gasteiger partial charge in [-0.05, 0) is 19.1 Å². The summed E-state index contributed by atoms with van der Waals surface area (Å²) in [6.45, 7) is 1.62. The third-order valence-corrected chi connectivity index (χ3v) is 1.22. The molecule has 0 heterocycles. The Morgan fingerprint density at radius 1 is 1.82 bits per heavy atom. The van der Waals surface area contributed by atoms with Gasteiger partial charge in [-0.15, -0.1) is 6.42 Å². The van der Waals surface area contributed by atoms with Crippen LogP contribution in [0.1, 0.15) is 6.92 Å². The summed E-state index contributed by atoms with van der Waals surface area (Å²) in [6.07, 6.45) is 4.97. The van der Waals surface area contributed by atoms with Gasteiger partial charge in [0.2, 0.25) is 0 Å². The number of alkyl halides is 1. The lowest BCUT2D eigenvalue weighted by molar-refractivity contribution is 0.424. The lowest BCUT2D eigenvalue weighted by atomic mass is 10.4. The molecule has 4 heteroatoms. The molecule has 2 N–H and O–H groups in total. The second kappa shape index (κ2) is 5.93. The number of rotatable bonds is 3. The van der Waals surface area contributed by atoms with Crippen molar-refractivity contribution in [2.45, 2.75) is 13.0 Å². The Morgan fingerprint density at radius 2 is 2.45 bits per heavy atom. The van der Waals surface area contributed by atoms with Crippen molar-refractivity contribution in [1.82, 2.24) is 10.6 Å². The highest BCUT2D eigenvalue weighted by atomic mass is 32.1. The van der Waals surface area contributed by atoms with Gasteiger partial charge in [-0.25, -0.2) is 4.39 Å². The first-order valence-corrected chi connectivity index (χ1v) is 3.65. The minimum Gasteiger partial charge on any atom is -0.358 e. The smallest absolute Gasteiger partial charge is 0.167 e. The molecule has 0 rings (SSSR count). The van der Waals surface area contributed by atoms with Gasteiger partial charge in [0.05, 0.1) is 12.6 Å². The van der Waals surface area contributed by atoms with Crippen molar-refractivity contribution in [2.24, 2.45) is 0 Å². The molecule has 0 amide bonds. The van der Waals surface area contributed by atoms with Crippen LogP contribution in [0.15, 0.2) is 0 Å². The lowest BCUT2D eigenvalue weighted by Crippen LogP contribution is -2.41. The molecular formula is C7H11FN2S. The first-order chi connectivity index (χ1) is 5.20. The molecule has 0 aliphatic rings. The standard InChI is InChI=1S/C7H11FN2S/c1-3-4-9-7(11)10-6(2)5-8/h1,6H,4-5H2,2H3,(H2,9,10,11)/t6-/m0/s1. The molecular weight excluding hydrogens is 163 g/mol. The Labute approximate surface area is 71.6 Å². The van der Waals surface area contributed by atoms with E-state index >= 15 is 0 Å². The van der Waals surface area contributed by atoms with E-state index in [9.17, 15) is 4.39 Å². The average Bonchev–Trinajstić information content (AvgIpc) is 2.00. The van der Waals surface area contributed by atoms with E-state index in [0.29, 0.717) is 11.7 Å². The Balaban J connectivity index is 3.45. The fourth-order valence-corrected chi connectivity index (χ4v) is 0.718. The number of terminal acetylenes is 1. The minimum atomic E-state index is -0.447. The van der Waals surface area contributed by atoms with Crippen LogP contribution >= 0.6 is 12.2 Å². The predicted octanol–water partition coefficient (Wildman–Crippen LogP) is 0.442. The predicted molar refractivity (Wildman–Crippen MR) is 48.0 cm³/mol. The number of thiocarbonyl (C=S) groups is 1. The van der Waals surface area contributed by atoms with E-state index < -0.39 is 6.67 Å². The number of hydrogen-bond acceptors (Lipinski definition) is 1. The van der Waals surface area contributed by atoms with Crippen LogP contribution in [0.5, 0.6) is 0 Å². The summed E-state index contributed by atoms with van der Waals surface area (Å²) in [5, 5.41) is 5.83. The summed E-state index contributed by atoms with van der Waals surface area (Å²) < 4.78 is 11.9. The van der Waals surface area contributed by atoms with E-state index in [4.69, 9.17) is 18.6 Å². The van der Waals surface area contributed by atoms with E-state index in [-0.39, 0.29) is 6.04 Å². The molecule has 0 bridgehead atoms. The molecule has 11 heavy (non-hydrogen) atoms. The zero-order chi connectivity index (χ0) is 8.69. The summed E-state index contributed by atoms with van der Waals surface area (Å²) in [5.74, 6) is 2.36. The molecule has 0 aromatic rings. The topological polar surface area (TPSA) is 24.1 Å². The maximum atomic E-state index is 11.9. The van der Waals surface area contributed by atoms with Crippen LogP contribution in [0.4, 0.5) is 4.39 Å². The number of nitrogens with one attached hydrogen (secondary N) is 2. The highest BCUT2D eigenvalue weighted by molar-refractivity contribution is 7.80. The fourth-order valence-electron chi connectivity index (χ4n) is 0.445. The Morgan fingerprint density at radius 3 is 2.91 bits per heavy atom. The van der Waals surface area contributed by atoms with Crippen molar-refractivity contribution in [3.63, 3.8) is 0 Å². The molecule has 0 aliphatic heterocycles. The number of hydrogen-bond donors (Lipinski definition) is 2. The van der Waals surface area contributed by atoms with Gasteiger partial charge in [0.1, 0.15) is 6.67 Å². The molecule has 1 atom stereocenters. The second-order valence-electron chi connectivity index (χ2n) is 2.09. The van der Waals surface area contributed by atoms with Gasteiger partial charge in [-0.2, -0.15) is 0 Å². The van der Waals surface area contributed by atoms with Crippen LogP contribution in [0.2, 0.25) is 0 Å². The summed E-state index contributed by atoms with van der Waals surface area (Å²) in [5.41, 5.74) is 0. The van der Waals surface area contributed by atoms with E-state index in [1.807, 2.05) is 0 Å². The summed E-state index contributed by atoms with van der Waals surface area (Å²) in [4.78, 5) is 0. The van der Waals surface area contributed by atoms with E-state index in [0.717, 1.165) is 0 Å². The molecule has 0 saturated heterocycles. The largest absolute Gasteiger partial charge is 0.358 e. The third kappa shape index (κ3) is 5.62. The van der Waals surface area contributed by atoms with Gasteiger partial charge in [0.15, 0.2) is 5.11 Å². The Hall–Kier alpha value is -0.820. The van der Waals surface area contributed by atoms with E-state index in [1.165, 1.54) is 0 Å². The summed E-state index contributed by atoms with van der Waals surface area (Å²) in [7, 11) is 0. The van der Waals surface area contributed by atoms with Crippen LogP contribution < -0.4 is 10.6 Å². The average molecular weight is 174 g/mol. The van der Waals surface area contributed by atoms with Crippen molar-refractivity contribution in [1.29, 1.82) is 0 Å². The van der Waals surface area contributed by atoms with Crippen molar-refractivity contribution >= 4 is 17.3 Å². The summed E-state index contributed by atoms with van der Waals surface area (Å²) in [6, 6.07) is -0.257. The monoisotopic (exact) mass is 174 g/mol. The van der Waals surface area contributed by atoms with Crippen LogP contribution in [-0.2, 0) is 0 Å². The summed E-state index contributed by atoms with van der Waals surface area (Å²) >= 11 is 4.78. The van der Waals surface area contributed by atoms with Gasteiger partial charge >= 0.3 is 0 Å². The van der Waals surface area contributed by atoms with Gasteiger partial charge in [-0.1, -0.05) is 5.92 Å². The molecule has 62 valence electrons. The molecule has 0 aromatic carbocycles. The van der Waals surface area contributed by atoms with Gasteiger partial charge in [0, 0.05) is 0 Å².